The highest BCUT2D eigenvalue weighted by Gasteiger charge is 2.36. The fourth-order valence-electron chi connectivity index (χ4n) is 9.70. The molecule has 0 aliphatic carbocycles. The molecule has 3 fully saturated rings. The molecule has 2 bridgehead atoms. The minimum atomic E-state index is -4.68. The van der Waals surface area contributed by atoms with Gasteiger partial charge in [-0.25, -0.2) is 8.78 Å². The van der Waals surface area contributed by atoms with E-state index in [1.54, 1.807) is 24.3 Å². The number of piperazine rings is 1. The van der Waals surface area contributed by atoms with E-state index in [1.807, 2.05) is 19.2 Å². The van der Waals surface area contributed by atoms with Crippen molar-refractivity contribution in [3.63, 3.8) is 0 Å². The molecule has 10 rings (SSSR count). The molecule has 4 aromatic carbocycles. The number of hydrogen-bond donors (Lipinski definition) is 5. The van der Waals surface area contributed by atoms with E-state index in [4.69, 9.17) is 16.1 Å². The van der Waals surface area contributed by atoms with Crippen LogP contribution in [0.2, 0.25) is 0 Å². The van der Waals surface area contributed by atoms with Gasteiger partial charge in [0.05, 0.1) is 23.1 Å². The number of phenolic OH excluding ortho intramolecular Hbond substituents is 3. The van der Waals surface area contributed by atoms with Crippen LogP contribution in [0.1, 0.15) is 59.9 Å². The second-order valence-corrected chi connectivity index (χ2v) is 18.3. The van der Waals surface area contributed by atoms with E-state index < -0.39 is 36.1 Å². The lowest BCUT2D eigenvalue weighted by Gasteiger charge is -2.39. The molecule has 2 atom stereocenters. The number of aromatic nitrogens is 6. The summed E-state index contributed by atoms with van der Waals surface area (Å²) < 4.78 is 78.8. The van der Waals surface area contributed by atoms with Crippen LogP contribution >= 0.6 is 0 Å². The normalized spacial score (nSPS) is 17.3. The number of benzene rings is 4. The Hall–Kier alpha value is -7.63. The molecule has 3 aliphatic rings. The fourth-order valence-corrected chi connectivity index (χ4v) is 9.70. The van der Waals surface area contributed by atoms with Crippen molar-refractivity contribution in [3.8, 4) is 63.9 Å². The third-order valence-corrected chi connectivity index (χ3v) is 13.0. The van der Waals surface area contributed by atoms with Crippen molar-refractivity contribution < 1.29 is 46.8 Å². The highest BCUT2D eigenvalue weighted by atomic mass is 19.4. The standard InChI is InChI=1S/C50H45F5N10O5/c1-4-33-38(51)12-7-28-13-32(66)14-36(41(28)33)43-42(52)44-37(17-56-43)45(64-21-29-8-9-30(22-64)58-29)60-49(59-44)70-23-27-19-63(20-27)18-26-5-10-31(11-6-26)65-46(35-15-34(25(2)3)39(67)16-40(35)68)61-62-47(65)48(69)57-24-50(53,54)55/h1,5-7,10-17,25,27,29-30,58,66-68H,8-9,18-24H2,2-3H3,(H,57,69). The molecule has 6 heterocycles. The SMILES string of the molecule is C#Cc1c(F)ccc2cc(O)cc(-c3ncc4c(N5CC6CCC(C5)N6)nc(OCC5CN(Cc6ccc(-n7c(C(=O)NCC(F)(F)F)nnc7-c7cc(C(C)C)c(O)cc7O)cc6)C5)nc4c3F)c12. The van der Waals surface area contributed by atoms with Gasteiger partial charge < -0.3 is 35.6 Å². The van der Waals surface area contributed by atoms with E-state index in [0.29, 0.717) is 60.6 Å². The summed E-state index contributed by atoms with van der Waals surface area (Å²) in [7, 11) is 0. The number of nitrogens with one attached hydrogen (secondary N) is 2. The number of pyridine rings is 1. The van der Waals surface area contributed by atoms with Crippen LogP contribution in [0.25, 0.3) is 50.0 Å². The largest absolute Gasteiger partial charge is 0.508 e. The Kier molecular flexibility index (Phi) is 11.9. The Balaban J connectivity index is 0.881. The van der Waals surface area contributed by atoms with Crippen molar-refractivity contribution in [1.29, 1.82) is 0 Å². The predicted octanol–water partition coefficient (Wildman–Crippen LogP) is 7.34. The number of carbonyl (C=O) groups is 1. The van der Waals surface area contributed by atoms with Crippen LogP contribution in [-0.4, -0.2) is 113 Å². The highest BCUT2D eigenvalue weighted by molar-refractivity contribution is 6.03. The number of aromatic hydroxyl groups is 3. The summed E-state index contributed by atoms with van der Waals surface area (Å²) in [6, 6.07) is 15.3. The average molecular weight is 961 g/mol. The van der Waals surface area contributed by atoms with Gasteiger partial charge in [0.2, 0.25) is 5.82 Å². The number of alkyl halides is 3. The molecule has 2 unspecified atom stereocenters. The fraction of sp³-hybridized carbons (Fsp3) is 0.320. The van der Waals surface area contributed by atoms with E-state index in [0.717, 1.165) is 24.5 Å². The van der Waals surface area contributed by atoms with Crippen LogP contribution in [0.15, 0.2) is 66.9 Å². The van der Waals surface area contributed by atoms with E-state index >= 15 is 4.39 Å². The molecule has 3 aliphatic heterocycles. The van der Waals surface area contributed by atoms with Gasteiger partial charge in [0.25, 0.3) is 5.91 Å². The number of phenols is 3. The molecule has 1 amide bonds. The molecule has 0 spiro atoms. The van der Waals surface area contributed by atoms with Gasteiger partial charge in [0.15, 0.2) is 11.6 Å². The first kappa shape index (κ1) is 46.1. The summed E-state index contributed by atoms with van der Waals surface area (Å²) >= 11 is 0. The smallest absolute Gasteiger partial charge is 0.405 e. The summed E-state index contributed by atoms with van der Waals surface area (Å²) in [6.07, 6.45) is 4.52. The quantitative estimate of drug-likeness (QED) is 0.0606. The van der Waals surface area contributed by atoms with Crippen molar-refractivity contribution >= 4 is 33.4 Å². The monoisotopic (exact) mass is 960 g/mol. The summed E-state index contributed by atoms with van der Waals surface area (Å²) in [6.45, 7) is 5.30. The number of nitrogens with zero attached hydrogens (tertiary/aromatic N) is 8. The zero-order valence-electron chi connectivity index (χ0n) is 37.7. The zero-order valence-corrected chi connectivity index (χ0v) is 37.7. The molecule has 0 saturated carbocycles. The number of likely N-dealkylation sites (tertiary alicyclic amines) is 1. The van der Waals surface area contributed by atoms with E-state index in [9.17, 15) is 37.7 Å². The lowest BCUT2D eigenvalue weighted by atomic mass is 9.96. The second-order valence-electron chi connectivity index (χ2n) is 18.3. The molecule has 20 heteroatoms. The summed E-state index contributed by atoms with van der Waals surface area (Å²) in [4.78, 5) is 31.3. The maximum absolute atomic E-state index is 17.0. The topological polar surface area (TPSA) is 187 Å². The Labute approximate surface area is 397 Å². The van der Waals surface area contributed by atoms with Crippen molar-refractivity contribution in [2.75, 3.05) is 44.2 Å². The average Bonchev–Trinajstić information content (AvgIpc) is 3.90. The minimum absolute atomic E-state index is 0.0299. The third-order valence-electron chi connectivity index (χ3n) is 13.0. The molecule has 15 nitrogen and oxygen atoms in total. The molecule has 3 saturated heterocycles. The molecular formula is C50H45F5N10O5. The number of terminal acetylenes is 1. The van der Waals surface area contributed by atoms with Crippen LogP contribution in [0.3, 0.4) is 0 Å². The first-order chi connectivity index (χ1) is 33.5. The zero-order chi connectivity index (χ0) is 49.2. The Morgan fingerprint density at radius 3 is 2.39 bits per heavy atom. The number of hydrogen-bond acceptors (Lipinski definition) is 13. The summed E-state index contributed by atoms with van der Waals surface area (Å²) in [5, 5.41) is 46.4. The molecule has 7 aromatic rings. The van der Waals surface area contributed by atoms with Crippen LogP contribution in [0.5, 0.6) is 23.3 Å². The molecule has 360 valence electrons. The number of fused-ring (bicyclic) bond motifs is 4. The number of halogens is 5. The van der Waals surface area contributed by atoms with Crippen LogP contribution in [-0.2, 0) is 6.54 Å². The molecule has 5 N–H and O–H groups in total. The van der Waals surface area contributed by atoms with Crippen molar-refractivity contribution in [2.45, 2.75) is 57.4 Å². The Morgan fingerprint density at radius 2 is 1.69 bits per heavy atom. The Bertz CT molecular complexity index is 3230. The summed E-state index contributed by atoms with van der Waals surface area (Å²) in [5.41, 5.74) is 1.55. The molecule has 0 radical (unpaired) electrons. The molecule has 3 aromatic heterocycles. The van der Waals surface area contributed by atoms with Crippen LogP contribution in [0, 0.1) is 29.9 Å². The number of amides is 1. The lowest BCUT2D eigenvalue weighted by molar-refractivity contribution is -0.123. The lowest BCUT2D eigenvalue weighted by Crippen LogP contribution is -2.51. The van der Waals surface area contributed by atoms with Gasteiger partial charge in [-0.3, -0.25) is 19.2 Å². The maximum atomic E-state index is 17.0. The van der Waals surface area contributed by atoms with Gasteiger partial charge in [-0.05, 0) is 71.7 Å². The van der Waals surface area contributed by atoms with E-state index in [2.05, 4.69) is 41.2 Å². The second kappa shape index (κ2) is 18.0. The molecular weight excluding hydrogens is 916 g/mol. The van der Waals surface area contributed by atoms with Crippen LogP contribution in [0.4, 0.5) is 27.8 Å². The van der Waals surface area contributed by atoms with Gasteiger partial charge in [-0.15, -0.1) is 16.6 Å². The van der Waals surface area contributed by atoms with Gasteiger partial charge in [0, 0.05) is 79.6 Å². The Morgan fingerprint density at radius 1 is 0.943 bits per heavy atom. The minimum Gasteiger partial charge on any atom is -0.508 e. The maximum Gasteiger partial charge on any atom is 0.405 e. The first-order valence-corrected chi connectivity index (χ1v) is 22.6. The first-order valence-electron chi connectivity index (χ1n) is 22.6. The number of anilines is 1. The number of carbonyl (C=O) groups excluding carboxylic acids is 1. The van der Waals surface area contributed by atoms with Gasteiger partial charge in [-0.1, -0.05) is 38.0 Å². The van der Waals surface area contributed by atoms with Gasteiger partial charge in [-0.2, -0.15) is 23.1 Å². The summed E-state index contributed by atoms with van der Waals surface area (Å²) in [5.74, 6) is -1.11. The van der Waals surface area contributed by atoms with Crippen molar-refractivity contribution in [2.24, 2.45) is 5.92 Å². The predicted molar refractivity (Wildman–Crippen MR) is 249 cm³/mol. The van der Waals surface area contributed by atoms with Gasteiger partial charge in [0.1, 0.15) is 46.6 Å². The highest BCUT2D eigenvalue weighted by Crippen LogP contribution is 2.41. The van der Waals surface area contributed by atoms with Crippen LogP contribution < -0.4 is 20.3 Å². The van der Waals surface area contributed by atoms with Crippen molar-refractivity contribution in [3.05, 3.63) is 101 Å². The van der Waals surface area contributed by atoms with Crippen molar-refractivity contribution in [1.82, 2.24) is 45.2 Å². The van der Waals surface area contributed by atoms with E-state index in [-0.39, 0.29) is 92.9 Å². The van der Waals surface area contributed by atoms with Gasteiger partial charge >= 0.3 is 12.2 Å². The molecule has 70 heavy (non-hydrogen) atoms. The third kappa shape index (κ3) is 8.81. The van der Waals surface area contributed by atoms with E-state index in [1.165, 1.54) is 41.1 Å². The number of rotatable bonds is 12. The number of ether oxygens (including phenoxy) is 1.